The lowest BCUT2D eigenvalue weighted by atomic mass is 9.34. The van der Waals surface area contributed by atoms with Gasteiger partial charge in [0.25, 0.3) is 6.71 Å². The highest BCUT2D eigenvalue weighted by Gasteiger charge is 2.43. The number of hydrogen-bond donors (Lipinski definition) is 0. The molecule has 0 unspecified atom stereocenters. The van der Waals surface area contributed by atoms with Crippen molar-refractivity contribution in [3.63, 3.8) is 0 Å². The van der Waals surface area contributed by atoms with Gasteiger partial charge in [-0.3, -0.25) is 0 Å². The minimum atomic E-state index is -0.111. The van der Waals surface area contributed by atoms with Gasteiger partial charge in [-0.25, -0.2) is 15.0 Å². The molecule has 7 aromatic carbocycles. The standard InChI is InChI=1S/C77H90BN5/c1-70(2,3)46-25-27-60-54(37-46)56-39-52(76(19,20)21)41-58-65(56)82(60)62-33-45(34-63-64(62)78(58)59-42-53(77(22,23)24)40-57-55-38-47(71(4,5)6)26-28-61(55)83(63)66(57)59)69-80-67(43-29-48(72(7,8)9)35-49(30-43)73(10,11)12)79-68(81-69)44-31-50(74(13,14)15)36-51(32-44)75(16,17)18/h25-42H,1-24H3. The van der Waals surface area contributed by atoms with Crippen LogP contribution in [0.3, 0.4) is 0 Å². The molecule has 12 rings (SSSR count). The summed E-state index contributed by atoms with van der Waals surface area (Å²) in [6, 6.07) is 43.8. The molecule has 0 aliphatic carbocycles. The lowest BCUT2D eigenvalue weighted by Gasteiger charge is -2.35. The van der Waals surface area contributed by atoms with Crippen LogP contribution in [0.4, 0.5) is 0 Å². The number of rotatable bonds is 3. The molecule has 426 valence electrons. The van der Waals surface area contributed by atoms with Gasteiger partial charge in [-0.05, 0) is 177 Å². The Morgan fingerprint density at radius 3 is 0.831 bits per heavy atom. The molecule has 83 heavy (non-hydrogen) atoms. The first kappa shape index (κ1) is 56.7. The van der Waals surface area contributed by atoms with E-state index in [-0.39, 0.29) is 50.0 Å². The minimum absolute atomic E-state index is 0.0401. The van der Waals surface area contributed by atoms with Crippen molar-refractivity contribution in [2.24, 2.45) is 0 Å². The highest BCUT2D eigenvalue weighted by atomic mass is 15.1. The summed E-state index contributed by atoms with van der Waals surface area (Å²) >= 11 is 0. The van der Waals surface area contributed by atoms with Crippen LogP contribution >= 0.6 is 0 Å². The zero-order chi connectivity index (χ0) is 60.2. The number of aromatic nitrogens is 5. The molecule has 0 atom stereocenters. The quantitative estimate of drug-likeness (QED) is 0.166. The van der Waals surface area contributed by atoms with Gasteiger partial charge in [0.1, 0.15) is 0 Å². The van der Waals surface area contributed by atoms with Gasteiger partial charge >= 0.3 is 0 Å². The van der Waals surface area contributed by atoms with E-state index >= 15 is 0 Å². The Bertz CT molecular complexity index is 4040. The van der Waals surface area contributed by atoms with Crippen LogP contribution < -0.4 is 16.4 Å². The Balaban J connectivity index is 1.28. The van der Waals surface area contributed by atoms with Gasteiger partial charge in [0.05, 0.1) is 11.0 Å². The molecular formula is C77H90BN5. The summed E-state index contributed by atoms with van der Waals surface area (Å²) in [5.74, 6) is 2.01. The predicted molar refractivity (Wildman–Crippen MR) is 359 cm³/mol. The third kappa shape index (κ3) is 9.39. The molecule has 6 heteroatoms. The molecule has 0 radical (unpaired) electrons. The molecule has 2 aliphatic heterocycles. The first-order valence-electron chi connectivity index (χ1n) is 30.7. The first-order chi connectivity index (χ1) is 38.2. The van der Waals surface area contributed by atoms with Crippen LogP contribution in [-0.4, -0.2) is 30.8 Å². The van der Waals surface area contributed by atoms with Crippen molar-refractivity contribution >= 4 is 66.7 Å². The molecule has 0 amide bonds. The van der Waals surface area contributed by atoms with Crippen LogP contribution in [-0.2, 0) is 43.3 Å². The topological polar surface area (TPSA) is 48.5 Å². The molecule has 3 aromatic heterocycles. The summed E-state index contributed by atoms with van der Waals surface area (Å²) in [5, 5.41) is 5.19. The van der Waals surface area contributed by atoms with Crippen LogP contribution in [0.15, 0.2) is 109 Å². The fraction of sp³-hybridized carbons (Fsp3) is 0.416. The lowest BCUT2D eigenvalue weighted by molar-refractivity contribution is 0.568. The van der Waals surface area contributed by atoms with Gasteiger partial charge < -0.3 is 9.13 Å². The Morgan fingerprint density at radius 2 is 0.542 bits per heavy atom. The Kier molecular flexibility index (Phi) is 12.2. The summed E-state index contributed by atoms with van der Waals surface area (Å²) < 4.78 is 5.26. The maximum Gasteiger partial charge on any atom is 0.252 e. The molecule has 0 bridgehead atoms. The maximum atomic E-state index is 5.75. The normalized spacial score (nSPS) is 14.2. The van der Waals surface area contributed by atoms with Gasteiger partial charge in [-0.15, -0.1) is 0 Å². The summed E-state index contributed by atoms with van der Waals surface area (Å²) in [4.78, 5) is 17.1. The van der Waals surface area contributed by atoms with Gasteiger partial charge in [0.15, 0.2) is 17.5 Å². The minimum Gasteiger partial charge on any atom is -0.310 e. The van der Waals surface area contributed by atoms with Crippen LogP contribution in [0.5, 0.6) is 0 Å². The van der Waals surface area contributed by atoms with E-state index in [1.54, 1.807) is 0 Å². The third-order valence-electron chi connectivity index (χ3n) is 18.5. The van der Waals surface area contributed by atoms with Crippen molar-refractivity contribution in [1.29, 1.82) is 0 Å². The molecule has 5 heterocycles. The number of nitrogens with zero attached hydrogens (tertiary/aromatic N) is 5. The Morgan fingerprint density at radius 1 is 0.277 bits per heavy atom. The number of benzene rings is 7. The van der Waals surface area contributed by atoms with Crippen LogP contribution in [0.1, 0.15) is 211 Å². The van der Waals surface area contributed by atoms with E-state index in [1.807, 2.05) is 0 Å². The number of hydrogen-bond acceptors (Lipinski definition) is 3. The molecule has 5 nitrogen and oxygen atoms in total. The molecule has 0 fully saturated rings. The smallest absolute Gasteiger partial charge is 0.252 e. The average molecular weight is 1100 g/mol. The van der Waals surface area contributed by atoms with Crippen molar-refractivity contribution in [2.75, 3.05) is 0 Å². The van der Waals surface area contributed by atoms with E-state index < -0.39 is 0 Å². The lowest BCUT2D eigenvalue weighted by Crippen LogP contribution is -2.59. The first-order valence-corrected chi connectivity index (χ1v) is 30.7. The maximum absolute atomic E-state index is 5.75. The third-order valence-corrected chi connectivity index (χ3v) is 18.5. The zero-order valence-electron chi connectivity index (χ0n) is 54.7. The van der Waals surface area contributed by atoms with Gasteiger partial charge in [-0.1, -0.05) is 203 Å². The van der Waals surface area contributed by atoms with Crippen molar-refractivity contribution in [1.82, 2.24) is 24.1 Å². The molecule has 0 N–H and O–H groups in total. The summed E-state index contributed by atoms with van der Waals surface area (Å²) in [6.45, 7) is 55.9. The second-order valence-electron chi connectivity index (χ2n) is 33.3. The van der Waals surface area contributed by atoms with E-state index in [4.69, 9.17) is 15.0 Å². The molecule has 0 saturated carbocycles. The fourth-order valence-electron chi connectivity index (χ4n) is 13.0. The second kappa shape index (κ2) is 17.9. The highest BCUT2D eigenvalue weighted by molar-refractivity contribution is 7.00. The largest absolute Gasteiger partial charge is 0.310 e. The Labute approximate surface area is 496 Å². The Hall–Kier alpha value is -6.79. The van der Waals surface area contributed by atoms with E-state index in [2.05, 4.69) is 284 Å². The van der Waals surface area contributed by atoms with Crippen molar-refractivity contribution < 1.29 is 0 Å². The molecule has 0 spiro atoms. The van der Waals surface area contributed by atoms with E-state index in [9.17, 15) is 0 Å². The summed E-state index contributed by atoms with van der Waals surface area (Å²) in [7, 11) is 0. The second-order valence-corrected chi connectivity index (χ2v) is 33.3. The highest BCUT2D eigenvalue weighted by Crippen LogP contribution is 2.45. The van der Waals surface area contributed by atoms with E-state index in [0.29, 0.717) is 17.5 Å². The molecular weight excluding hydrogens is 1010 g/mol. The van der Waals surface area contributed by atoms with Crippen molar-refractivity contribution in [3.05, 3.63) is 154 Å². The van der Waals surface area contributed by atoms with Gasteiger partial charge in [0.2, 0.25) is 0 Å². The molecule has 2 aliphatic rings. The SMILES string of the molecule is CC(C)(C)c1cc(-c2nc(-c3cc(C(C)(C)C)cc(C(C)(C)C)c3)nc(-c3cc4c5c(c3)-n3c6ccc(C(C)(C)C)cc6c6cc(C(C)(C)C)cc(c63)B5c3cc(C(C)(C)C)cc5c6cc(C(C)(C)C)ccc6n-4c35)n2)cc(C(C)(C)C)c1. The number of fused-ring (bicyclic) bond motifs is 10. The molecule has 10 aromatic rings. The van der Waals surface area contributed by atoms with E-state index in [0.717, 1.165) is 16.7 Å². The fourth-order valence-corrected chi connectivity index (χ4v) is 13.0. The van der Waals surface area contributed by atoms with Crippen LogP contribution in [0.25, 0.3) is 89.2 Å². The predicted octanol–water partition coefficient (Wildman–Crippen LogP) is 18.6. The van der Waals surface area contributed by atoms with Crippen LogP contribution in [0.2, 0.25) is 0 Å². The van der Waals surface area contributed by atoms with Gasteiger partial charge in [-0.2, -0.15) is 0 Å². The van der Waals surface area contributed by atoms with Crippen molar-refractivity contribution in [3.8, 4) is 45.5 Å². The monoisotopic (exact) mass is 1100 g/mol. The summed E-state index contributed by atoms with van der Waals surface area (Å²) in [5.41, 5.74) is 24.0. The van der Waals surface area contributed by atoms with E-state index in [1.165, 1.54) is 116 Å². The van der Waals surface area contributed by atoms with Crippen LogP contribution in [0, 0.1) is 0 Å². The summed E-state index contributed by atoms with van der Waals surface area (Å²) in [6.07, 6.45) is 0. The van der Waals surface area contributed by atoms with Crippen molar-refractivity contribution in [2.45, 2.75) is 209 Å². The average Bonchev–Trinajstić information content (AvgIpc) is 1.97. The molecule has 0 saturated heterocycles. The van der Waals surface area contributed by atoms with Gasteiger partial charge in [0, 0.05) is 60.6 Å². The zero-order valence-corrected chi connectivity index (χ0v) is 54.7.